The maximum absolute atomic E-state index is 12.5. The van der Waals surface area contributed by atoms with Gasteiger partial charge in [0.2, 0.25) is 11.5 Å². The second kappa shape index (κ2) is 6.09. The molecule has 25 heavy (non-hydrogen) atoms. The van der Waals surface area contributed by atoms with E-state index in [0.29, 0.717) is 11.5 Å². The summed E-state index contributed by atoms with van der Waals surface area (Å²) in [6, 6.07) is 20.1. The summed E-state index contributed by atoms with van der Waals surface area (Å²) in [5.41, 5.74) is 2.67. The normalized spacial score (nSPS) is 10.7. The largest absolute Gasteiger partial charge is 0.328 e. The predicted molar refractivity (Wildman–Crippen MR) is 96.1 cm³/mol. The molecule has 2 aromatic carbocycles. The van der Waals surface area contributed by atoms with Gasteiger partial charge in [0, 0.05) is 18.0 Å². The third-order valence-electron chi connectivity index (χ3n) is 3.85. The molecule has 4 rings (SSSR count). The summed E-state index contributed by atoms with van der Waals surface area (Å²) in [4.78, 5) is 30.7. The topological polar surface area (TPSA) is 79.8 Å². The van der Waals surface area contributed by atoms with Gasteiger partial charge < -0.3 is 4.98 Å². The Labute approximate surface area is 142 Å². The van der Waals surface area contributed by atoms with E-state index in [1.165, 1.54) is 18.3 Å². The van der Waals surface area contributed by atoms with E-state index in [1.807, 2.05) is 59.2 Å². The molecule has 0 aliphatic rings. The van der Waals surface area contributed by atoms with Crippen LogP contribution >= 0.6 is 0 Å². The van der Waals surface area contributed by atoms with Crippen molar-refractivity contribution in [3.63, 3.8) is 0 Å². The molecular weight excluding hydrogens is 316 g/mol. The molecule has 2 N–H and O–H groups in total. The number of carbonyl (C=O) groups excluding carboxylic acids is 1. The summed E-state index contributed by atoms with van der Waals surface area (Å²) < 4.78 is 1.89. The Hall–Kier alpha value is -3.67. The molecule has 0 unspecified atom stereocenters. The molecule has 0 aliphatic heterocycles. The molecule has 122 valence electrons. The molecular formula is C19H14N4O2. The zero-order chi connectivity index (χ0) is 17.2. The number of anilines is 1. The Morgan fingerprint density at radius 1 is 0.960 bits per heavy atom. The molecule has 4 aromatic rings. The number of rotatable bonds is 3. The first-order chi connectivity index (χ1) is 12.2. The first-order valence-corrected chi connectivity index (χ1v) is 7.75. The molecule has 0 atom stereocenters. The molecule has 0 radical (unpaired) electrons. The van der Waals surface area contributed by atoms with E-state index in [-0.39, 0.29) is 11.5 Å². The summed E-state index contributed by atoms with van der Waals surface area (Å²) in [5.74, 6) is 0.0762. The summed E-state index contributed by atoms with van der Waals surface area (Å²) in [6.45, 7) is 0. The summed E-state index contributed by atoms with van der Waals surface area (Å²) >= 11 is 0. The zero-order valence-corrected chi connectivity index (χ0v) is 13.1. The molecule has 6 heteroatoms. The number of carbonyl (C=O) groups is 1. The smallest absolute Gasteiger partial charge is 0.259 e. The highest BCUT2D eigenvalue weighted by Crippen LogP contribution is 2.24. The minimum absolute atomic E-state index is 0.256. The lowest BCUT2D eigenvalue weighted by Gasteiger charge is -2.10. The molecule has 0 bridgehead atoms. The van der Waals surface area contributed by atoms with Gasteiger partial charge in [0.15, 0.2) is 0 Å². The van der Waals surface area contributed by atoms with Crippen LogP contribution in [-0.4, -0.2) is 20.4 Å². The number of aromatic amines is 1. The Balaban J connectivity index is 1.80. The van der Waals surface area contributed by atoms with Crippen molar-refractivity contribution in [2.75, 3.05) is 5.32 Å². The molecule has 6 nitrogen and oxygen atoms in total. The molecule has 0 fully saturated rings. The Kier molecular flexibility index (Phi) is 3.63. The maximum atomic E-state index is 12.5. The summed E-state index contributed by atoms with van der Waals surface area (Å²) in [7, 11) is 0. The lowest BCUT2D eigenvalue weighted by atomic mass is 10.2. The lowest BCUT2D eigenvalue weighted by Crippen LogP contribution is -2.17. The molecule has 2 heterocycles. The van der Waals surface area contributed by atoms with Gasteiger partial charge in [-0.2, -0.15) is 0 Å². The fraction of sp³-hybridized carbons (Fsp3) is 0. The van der Waals surface area contributed by atoms with Crippen molar-refractivity contribution < 1.29 is 4.79 Å². The fourth-order valence-electron chi connectivity index (χ4n) is 2.67. The quantitative estimate of drug-likeness (QED) is 0.606. The number of nitrogens with zero attached hydrogens (tertiary/aromatic N) is 2. The molecule has 0 saturated heterocycles. The standard InChI is InChI=1S/C19H14N4O2/c24-17-11-10-13(12-20-17)18(25)22-19-21-15-8-4-5-9-16(15)23(19)14-6-2-1-3-7-14/h1-12H,(H,20,24)(H,21,22,25). The van der Waals surface area contributed by atoms with Crippen molar-refractivity contribution in [2.24, 2.45) is 0 Å². The second-order valence-corrected chi connectivity index (χ2v) is 5.49. The van der Waals surface area contributed by atoms with E-state index in [0.717, 1.165) is 16.7 Å². The Bertz CT molecular complexity index is 1090. The van der Waals surface area contributed by atoms with Gasteiger partial charge in [-0.15, -0.1) is 0 Å². The molecule has 0 saturated carbocycles. The third-order valence-corrected chi connectivity index (χ3v) is 3.85. The highest BCUT2D eigenvalue weighted by molar-refractivity contribution is 6.04. The monoisotopic (exact) mass is 330 g/mol. The average Bonchev–Trinajstić information content (AvgIpc) is 3.00. The molecule has 2 aromatic heterocycles. The van der Waals surface area contributed by atoms with E-state index in [2.05, 4.69) is 15.3 Å². The van der Waals surface area contributed by atoms with E-state index in [9.17, 15) is 9.59 Å². The maximum Gasteiger partial charge on any atom is 0.259 e. The highest BCUT2D eigenvalue weighted by Gasteiger charge is 2.15. The number of para-hydroxylation sites is 3. The van der Waals surface area contributed by atoms with E-state index in [4.69, 9.17) is 0 Å². The molecule has 1 amide bonds. The minimum atomic E-state index is -0.344. The number of fused-ring (bicyclic) bond motifs is 1. The summed E-state index contributed by atoms with van der Waals surface area (Å²) in [5, 5.41) is 2.83. The number of amides is 1. The van der Waals surface area contributed by atoms with Gasteiger partial charge in [-0.1, -0.05) is 30.3 Å². The van der Waals surface area contributed by atoms with Crippen LogP contribution in [0.25, 0.3) is 16.7 Å². The molecule has 0 spiro atoms. The second-order valence-electron chi connectivity index (χ2n) is 5.49. The van der Waals surface area contributed by atoms with Crippen LogP contribution in [0.1, 0.15) is 10.4 Å². The van der Waals surface area contributed by atoms with Crippen LogP contribution in [0.5, 0.6) is 0 Å². The number of imidazole rings is 1. The zero-order valence-electron chi connectivity index (χ0n) is 13.1. The van der Waals surface area contributed by atoms with Gasteiger partial charge in [-0.05, 0) is 30.3 Å². The van der Waals surface area contributed by atoms with E-state index in [1.54, 1.807) is 0 Å². The van der Waals surface area contributed by atoms with Crippen LogP contribution in [-0.2, 0) is 0 Å². The van der Waals surface area contributed by atoms with Crippen LogP contribution in [0.3, 0.4) is 0 Å². The lowest BCUT2D eigenvalue weighted by molar-refractivity contribution is 0.102. The van der Waals surface area contributed by atoms with Gasteiger partial charge in [0.1, 0.15) is 0 Å². The number of H-pyrrole nitrogens is 1. The first kappa shape index (κ1) is 14.9. The summed E-state index contributed by atoms with van der Waals surface area (Å²) in [6.07, 6.45) is 1.38. The van der Waals surface area contributed by atoms with Gasteiger partial charge in [0.05, 0.1) is 16.6 Å². The van der Waals surface area contributed by atoms with Gasteiger partial charge in [0.25, 0.3) is 5.91 Å². The van der Waals surface area contributed by atoms with Crippen molar-refractivity contribution in [3.05, 3.63) is 88.8 Å². The number of pyridine rings is 1. The van der Waals surface area contributed by atoms with E-state index >= 15 is 0 Å². The highest BCUT2D eigenvalue weighted by atomic mass is 16.2. The van der Waals surface area contributed by atoms with Gasteiger partial charge >= 0.3 is 0 Å². The van der Waals surface area contributed by atoms with Crippen molar-refractivity contribution in [1.82, 2.24) is 14.5 Å². The number of nitrogens with one attached hydrogen (secondary N) is 2. The van der Waals surface area contributed by atoms with Crippen molar-refractivity contribution in [2.45, 2.75) is 0 Å². The third kappa shape index (κ3) is 2.81. The SMILES string of the molecule is O=C(Nc1nc2ccccc2n1-c1ccccc1)c1ccc(=O)[nH]c1. The van der Waals surface area contributed by atoms with Crippen molar-refractivity contribution >= 4 is 22.9 Å². The fourth-order valence-corrected chi connectivity index (χ4v) is 2.67. The van der Waals surface area contributed by atoms with Crippen molar-refractivity contribution in [3.8, 4) is 5.69 Å². The Morgan fingerprint density at radius 3 is 2.48 bits per heavy atom. The van der Waals surface area contributed by atoms with Gasteiger partial charge in [-0.3, -0.25) is 19.5 Å². The van der Waals surface area contributed by atoms with Crippen molar-refractivity contribution in [1.29, 1.82) is 0 Å². The number of aromatic nitrogens is 3. The van der Waals surface area contributed by atoms with Crippen LogP contribution in [0.15, 0.2) is 77.7 Å². The van der Waals surface area contributed by atoms with Crippen LogP contribution in [0.2, 0.25) is 0 Å². The molecule has 0 aliphatic carbocycles. The van der Waals surface area contributed by atoms with Crippen LogP contribution in [0.4, 0.5) is 5.95 Å². The van der Waals surface area contributed by atoms with Crippen LogP contribution < -0.4 is 10.9 Å². The number of hydrogen-bond donors (Lipinski definition) is 2. The van der Waals surface area contributed by atoms with E-state index < -0.39 is 0 Å². The Morgan fingerprint density at radius 2 is 1.72 bits per heavy atom. The minimum Gasteiger partial charge on any atom is -0.328 e. The predicted octanol–water partition coefficient (Wildman–Crippen LogP) is 2.97. The first-order valence-electron chi connectivity index (χ1n) is 7.75. The van der Waals surface area contributed by atoms with Gasteiger partial charge in [-0.25, -0.2) is 4.98 Å². The number of benzene rings is 2. The number of hydrogen-bond acceptors (Lipinski definition) is 3. The van der Waals surface area contributed by atoms with Crippen LogP contribution in [0, 0.1) is 0 Å². The average molecular weight is 330 g/mol.